The van der Waals surface area contributed by atoms with Crippen molar-refractivity contribution in [2.24, 2.45) is 0 Å². The molecule has 1 fully saturated rings. The summed E-state index contributed by atoms with van der Waals surface area (Å²) in [7, 11) is 2.06. The fraction of sp³-hybridized carbons (Fsp3) is 0.296. The summed E-state index contributed by atoms with van der Waals surface area (Å²) in [6.45, 7) is 8.50. The number of nitrogens with zero attached hydrogens (tertiary/aromatic N) is 2. The molecule has 4 rings (SSSR count). The largest absolute Gasteiger partial charge is 0.494 e. The predicted molar refractivity (Wildman–Crippen MR) is 141 cm³/mol. The summed E-state index contributed by atoms with van der Waals surface area (Å²) >= 11 is 0.848. The van der Waals surface area contributed by atoms with Gasteiger partial charge in [-0.05, 0) is 93.1 Å². The van der Waals surface area contributed by atoms with Crippen LogP contribution in [0, 0.1) is 0 Å². The molecule has 35 heavy (non-hydrogen) atoms. The van der Waals surface area contributed by atoms with Crippen LogP contribution in [-0.4, -0.2) is 47.7 Å². The van der Waals surface area contributed by atoms with E-state index in [1.54, 1.807) is 30.3 Å². The molecule has 0 unspecified atom stereocenters. The Labute approximate surface area is 209 Å². The average molecular weight is 492 g/mol. The maximum atomic E-state index is 12.9. The lowest BCUT2D eigenvalue weighted by Gasteiger charge is -2.40. The number of hydrogen-bond acceptors (Lipinski definition) is 6. The summed E-state index contributed by atoms with van der Waals surface area (Å²) in [6.07, 6.45) is 3.93. The van der Waals surface area contributed by atoms with E-state index in [2.05, 4.69) is 44.1 Å². The molecular formula is C27H29N3O4S. The van der Waals surface area contributed by atoms with Crippen molar-refractivity contribution in [2.75, 3.05) is 30.4 Å². The van der Waals surface area contributed by atoms with Gasteiger partial charge in [0.05, 0.1) is 17.1 Å². The van der Waals surface area contributed by atoms with Crippen molar-refractivity contribution in [1.29, 1.82) is 0 Å². The number of hydrogen-bond donors (Lipinski definition) is 1. The average Bonchev–Trinajstić information content (AvgIpc) is 3.06. The van der Waals surface area contributed by atoms with Crippen LogP contribution in [0.1, 0.15) is 38.8 Å². The minimum absolute atomic E-state index is 0.0901. The van der Waals surface area contributed by atoms with Crippen LogP contribution in [0.5, 0.6) is 5.75 Å². The summed E-state index contributed by atoms with van der Waals surface area (Å²) < 4.78 is 5.39. The maximum absolute atomic E-state index is 12.9. The number of imide groups is 1. The van der Waals surface area contributed by atoms with Crippen molar-refractivity contribution < 1.29 is 19.1 Å². The van der Waals surface area contributed by atoms with E-state index < -0.39 is 17.1 Å². The van der Waals surface area contributed by atoms with Crippen LogP contribution < -0.4 is 15.0 Å². The molecule has 182 valence electrons. The van der Waals surface area contributed by atoms with Gasteiger partial charge in [0.15, 0.2) is 0 Å². The molecule has 1 N–H and O–H groups in total. The van der Waals surface area contributed by atoms with Crippen molar-refractivity contribution in [3.63, 3.8) is 0 Å². The van der Waals surface area contributed by atoms with Crippen LogP contribution in [0.15, 0.2) is 53.4 Å². The van der Waals surface area contributed by atoms with Gasteiger partial charge < -0.3 is 15.0 Å². The second-order valence-corrected chi connectivity index (χ2v) is 10.1. The standard InChI is InChI=1S/C27H29N3O4S/c1-6-34-20-10-8-19(9-11-20)28-24(31)16-30-25(32)23(35-26(30)33)14-18-7-12-22-21(13-18)17(2)15-27(3,4)29(22)5/h7-15H,6,16H2,1-5H3,(H,28,31)/b23-14+. The zero-order chi connectivity index (χ0) is 25.3. The van der Waals surface area contributed by atoms with Crippen LogP contribution in [0.2, 0.25) is 0 Å². The number of nitrogens with one attached hydrogen (secondary N) is 1. The van der Waals surface area contributed by atoms with Gasteiger partial charge in [-0.1, -0.05) is 12.1 Å². The summed E-state index contributed by atoms with van der Waals surface area (Å²) in [4.78, 5) is 41.4. The Kier molecular flexibility index (Phi) is 6.76. The normalized spacial score (nSPS) is 18.0. The molecule has 0 spiro atoms. The lowest BCUT2D eigenvalue weighted by atomic mass is 9.88. The molecule has 1 saturated heterocycles. The molecule has 0 saturated carbocycles. The molecule has 2 aromatic rings. The van der Waals surface area contributed by atoms with Crippen molar-refractivity contribution >= 4 is 51.8 Å². The third-order valence-electron chi connectivity index (χ3n) is 6.16. The smallest absolute Gasteiger partial charge is 0.294 e. The number of thioether (sulfide) groups is 1. The second-order valence-electron chi connectivity index (χ2n) is 9.09. The molecule has 0 aliphatic carbocycles. The quantitative estimate of drug-likeness (QED) is 0.546. The molecule has 0 atom stereocenters. The molecule has 8 heteroatoms. The van der Waals surface area contributed by atoms with Gasteiger partial charge in [0.2, 0.25) is 5.91 Å². The second kappa shape index (κ2) is 9.62. The Bertz CT molecular complexity index is 1250. The molecule has 0 aromatic heterocycles. The topological polar surface area (TPSA) is 79.0 Å². The number of anilines is 2. The van der Waals surface area contributed by atoms with Crippen LogP contribution in [0.3, 0.4) is 0 Å². The van der Waals surface area contributed by atoms with Gasteiger partial charge in [-0.25, -0.2) is 0 Å². The Morgan fingerprint density at radius 1 is 1.14 bits per heavy atom. The van der Waals surface area contributed by atoms with E-state index in [4.69, 9.17) is 4.74 Å². The minimum Gasteiger partial charge on any atom is -0.494 e. The number of rotatable bonds is 6. The van der Waals surface area contributed by atoms with Crippen LogP contribution in [0.4, 0.5) is 16.2 Å². The number of carbonyl (C=O) groups excluding carboxylic acids is 3. The van der Waals surface area contributed by atoms with Gasteiger partial charge in [-0.3, -0.25) is 19.3 Å². The van der Waals surface area contributed by atoms with Gasteiger partial charge >= 0.3 is 0 Å². The first kappa shape index (κ1) is 24.6. The van der Waals surface area contributed by atoms with E-state index in [9.17, 15) is 14.4 Å². The van der Waals surface area contributed by atoms with E-state index in [0.717, 1.165) is 39.0 Å². The molecule has 2 aliphatic heterocycles. The highest BCUT2D eigenvalue weighted by atomic mass is 32.2. The Morgan fingerprint density at radius 3 is 2.54 bits per heavy atom. The van der Waals surface area contributed by atoms with E-state index in [-0.39, 0.29) is 12.1 Å². The zero-order valence-corrected chi connectivity index (χ0v) is 21.4. The summed E-state index contributed by atoms with van der Waals surface area (Å²) in [5, 5.41) is 2.25. The lowest BCUT2D eigenvalue weighted by Crippen LogP contribution is -2.42. The Balaban J connectivity index is 1.46. The van der Waals surface area contributed by atoms with Crippen molar-refractivity contribution in [2.45, 2.75) is 33.2 Å². The highest BCUT2D eigenvalue weighted by Crippen LogP contribution is 2.39. The van der Waals surface area contributed by atoms with Crippen molar-refractivity contribution in [1.82, 2.24) is 4.90 Å². The number of carbonyl (C=O) groups is 3. The van der Waals surface area contributed by atoms with E-state index in [0.29, 0.717) is 22.9 Å². The van der Waals surface area contributed by atoms with Crippen molar-refractivity contribution in [3.8, 4) is 5.75 Å². The number of ether oxygens (including phenoxy) is 1. The van der Waals surface area contributed by atoms with E-state index >= 15 is 0 Å². The fourth-order valence-corrected chi connectivity index (χ4v) is 5.04. The highest BCUT2D eigenvalue weighted by molar-refractivity contribution is 8.18. The SMILES string of the molecule is CCOc1ccc(NC(=O)CN2C(=O)S/C(=C/c3ccc4c(c3)C(C)=CC(C)(C)N4C)C2=O)cc1. The van der Waals surface area contributed by atoms with Crippen LogP contribution in [0.25, 0.3) is 11.6 Å². The van der Waals surface area contributed by atoms with Crippen LogP contribution in [-0.2, 0) is 9.59 Å². The minimum atomic E-state index is -0.468. The van der Waals surface area contributed by atoms with Crippen molar-refractivity contribution in [3.05, 3.63) is 64.6 Å². The molecule has 2 aliphatic rings. The zero-order valence-electron chi connectivity index (χ0n) is 20.5. The molecule has 0 radical (unpaired) electrons. The Morgan fingerprint density at radius 2 is 1.86 bits per heavy atom. The predicted octanol–water partition coefficient (Wildman–Crippen LogP) is 5.39. The number of benzene rings is 2. The number of allylic oxidation sites excluding steroid dienone is 1. The monoisotopic (exact) mass is 491 g/mol. The van der Waals surface area contributed by atoms with Gasteiger partial charge in [-0.2, -0.15) is 0 Å². The van der Waals surface area contributed by atoms with Gasteiger partial charge in [0.1, 0.15) is 12.3 Å². The first-order valence-corrected chi connectivity index (χ1v) is 12.3. The third kappa shape index (κ3) is 5.12. The fourth-order valence-electron chi connectivity index (χ4n) is 4.20. The molecule has 3 amide bonds. The summed E-state index contributed by atoms with van der Waals surface area (Å²) in [5.74, 6) is -0.215. The maximum Gasteiger partial charge on any atom is 0.294 e. The lowest BCUT2D eigenvalue weighted by molar-refractivity contribution is -0.127. The Hall–Kier alpha value is -3.52. The van der Waals surface area contributed by atoms with E-state index in [1.807, 2.05) is 25.1 Å². The molecule has 2 aromatic carbocycles. The van der Waals surface area contributed by atoms with Crippen LogP contribution >= 0.6 is 11.8 Å². The first-order valence-electron chi connectivity index (χ1n) is 11.4. The first-order chi connectivity index (χ1) is 16.6. The summed E-state index contributed by atoms with van der Waals surface area (Å²) in [5.41, 5.74) is 4.67. The highest BCUT2D eigenvalue weighted by Gasteiger charge is 2.36. The molecular weight excluding hydrogens is 462 g/mol. The number of amides is 3. The van der Waals surface area contributed by atoms with Gasteiger partial charge in [0.25, 0.3) is 11.1 Å². The molecule has 0 bridgehead atoms. The van der Waals surface area contributed by atoms with Gasteiger partial charge in [0, 0.05) is 24.0 Å². The summed E-state index contributed by atoms with van der Waals surface area (Å²) in [6, 6.07) is 12.9. The number of likely N-dealkylation sites (N-methyl/N-ethyl adjacent to an activating group) is 1. The number of fused-ring (bicyclic) bond motifs is 1. The van der Waals surface area contributed by atoms with E-state index in [1.165, 1.54) is 0 Å². The van der Waals surface area contributed by atoms with Gasteiger partial charge in [-0.15, -0.1) is 0 Å². The molecule has 2 heterocycles. The molecule has 7 nitrogen and oxygen atoms in total. The third-order valence-corrected chi connectivity index (χ3v) is 7.07.